The van der Waals surface area contributed by atoms with Crippen molar-refractivity contribution in [2.75, 3.05) is 32.1 Å². The monoisotopic (exact) mass is 388 g/mol. The Morgan fingerprint density at radius 3 is 2.46 bits per heavy atom. The predicted octanol–water partition coefficient (Wildman–Crippen LogP) is 2.18. The number of aliphatic carboxylic acids is 1. The number of rotatable bonds is 10. The number of ether oxygens (including phenoxy) is 1. The van der Waals surface area contributed by atoms with E-state index >= 15 is 0 Å². The highest BCUT2D eigenvalue weighted by Crippen LogP contribution is 2.28. The van der Waals surface area contributed by atoms with Crippen molar-refractivity contribution in [1.29, 1.82) is 0 Å². The van der Waals surface area contributed by atoms with E-state index < -0.39 is 12.1 Å². The van der Waals surface area contributed by atoms with E-state index in [2.05, 4.69) is 5.32 Å². The molecule has 0 saturated carbocycles. The number of aliphatic hydroxyl groups excluding tert-OH is 1. The van der Waals surface area contributed by atoms with Crippen LogP contribution in [0.4, 0.5) is 5.69 Å². The average Bonchev–Trinajstić information content (AvgIpc) is 2.66. The van der Waals surface area contributed by atoms with Gasteiger partial charge in [-0.2, -0.15) is 0 Å². The van der Waals surface area contributed by atoms with Crippen LogP contribution in [0.2, 0.25) is 0 Å². The normalized spacial score (nSPS) is 13.0. The second-order valence-electron chi connectivity index (χ2n) is 6.91. The number of nitrogens with one attached hydrogen (secondary N) is 1. The minimum atomic E-state index is -1.01. The SMILES string of the molecule is C[C@H](NCCc1ccc(OCC(=O)O)c(N(C)C)c1)[C@@H](O)c1ccc(O)cc1. The van der Waals surface area contributed by atoms with Crippen LogP contribution in [0.25, 0.3) is 0 Å². The zero-order valence-electron chi connectivity index (χ0n) is 16.4. The lowest BCUT2D eigenvalue weighted by Crippen LogP contribution is -2.33. The largest absolute Gasteiger partial charge is 0.508 e. The van der Waals surface area contributed by atoms with E-state index in [1.54, 1.807) is 30.3 Å². The van der Waals surface area contributed by atoms with Gasteiger partial charge in [0.15, 0.2) is 6.61 Å². The van der Waals surface area contributed by atoms with Gasteiger partial charge in [0.1, 0.15) is 11.5 Å². The Labute approximate surface area is 165 Å². The van der Waals surface area contributed by atoms with Gasteiger partial charge in [-0.1, -0.05) is 18.2 Å². The first kappa shape index (κ1) is 21.5. The molecule has 2 atom stereocenters. The molecule has 0 bridgehead atoms. The van der Waals surface area contributed by atoms with Gasteiger partial charge in [-0.25, -0.2) is 4.79 Å². The van der Waals surface area contributed by atoms with Crippen molar-refractivity contribution < 1.29 is 24.9 Å². The first-order valence-corrected chi connectivity index (χ1v) is 9.13. The summed E-state index contributed by atoms with van der Waals surface area (Å²) in [6.07, 6.45) is 0.0666. The van der Waals surface area contributed by atoms with E-state index in [1.165, 1.54) is 0 Å². The Morgan fingerprint density at radius 1 is 1.18 bits per heavy atom. The number of aliphatic hydroxyl groups is 1. The minimum Gasteiger partial charge on any atom is -0.508 e. The first-order valence-electron chi connectivity index (χ1n) is 9.13. The third kappa shape index (κ3) is 6.14. The maximum absolute atomic E-state index is 10.7. The molecule has 0 radical (unpaired) electrons. The molecule has 0 aliphatic heterocycles. The number of nitrogens with zero attached hydrogens (tertiary/aromatic N) is 1. The Morgan fingerprint density at radius 2 is 1.86 bits per heavy atom. The summed E-state index contributed by atoms with van der Waals surface area (Å²) in [5, 5.41) is 31.9. The molecule has 4 N–H and O–H groups in total. The topological polar surface area (TPSA) is 102 Å². The van der Waals surface area contributed by atoms with Gasteiger partial charge >= 0.3 is 5.97 Å². The first-order chi connectivity index (χ1) is 13.3. The van der Waals surface area contributed by atoms with Crippen LogP contribution in [0.15, 0.2) is 42.5 Å². The number of carboxylic acids is 1. The zero-order chi connectivity index (χ0) is 20.7. The summed E-state index contributed by atoms with van der Waals surface area (Å²) in [4.78, 5) is 12.6. The number of phenols is 1. The quantitative estimate of drug-likeness (QED) is 0.495. The summed E-state index contributed by atoms with van der Waals surface area (Å²) >= 11 is 0. The van der Waals surface area contributed by atoms with Gasteiger partial charge < -0.3 is 30.3 Å². The number of carboxylic acid groups (broad SMARTS) is 1. The molecule has 28 heavy (non-hydrogen) atoms. The molecule has 0 spiro atoms. The minimum absolute atomic E-state index is 0.156. The van der Waals surface area contributed by atoms with Crippen molar-refractivity contribution >= 4 is 11.7 Å². The van der Waals surface area contributed by atoms with Crippen molar-refractivity contribution in [2.24, 2.45) is 0 Å². The predicted molar refractivity (Wildman–Crippen MR) is 108 cm³/mol. The standard InChI is InChI=1S/C21H28N2O5/c1-14(21(27)16-5-7-17(24)8-6-16)22-11-10-15-4-9-19(28-13-20(25)26)18(12-15)23(2)3/h4-9,12,14,21-22,24,27H,10-11,13H2,1-3H3,(H,25,26)/t14-,21+/m0/s1. The van der Waals surface area contributed by atoms with Gasteiger partial charge in [0, 0.05) is 20.1 Å². The molecule has 0 fully saturated rings. The summed E-state index contributed by atoms with van der Waals surface area (Å²) in [5.41, 5.74) is 2.63. The lowest BCUT2D eigenvalue weighted by Gasteiger charge is -2.21. The van der Waals surface area contributed by atoms with Crippen molar-refractivity contribution in [2.45, 2.75) is 25.5 Å². The second kappa shape index (κ2) is 9.96. The Balaban J connectivity index is 1.93. The van der Waals surface area contributed by atoms with Gasteiger partial charge in [-0.15, -0.1) is 0 Å². The smallest absolute Gasteiger partial charge is 0.341 e. The van der Waals surface area contributed by atoms with Crippen molar-refractivity contribution in [1.82, 2.24) is 5.32 Å². The van der Waals surface area contributed by atoms with Crippen LogP contribution in [-0.4, -0.2) is 54.6 Å². The van der Waals surface area contributed by atoms with Gasteiger partial charge in [0.2, 0.25) is 0 Å². The highest BCUT2D eigenvalue weighted by molar-refractivity contribution is 5.69. The number of aromatic hydroxyl groups is 1. The van der Waals surface area contributed by atoms with E-state index in [4.69, 9.17) is 9.84 Å². The molecule has 0 heterocycles. The fraction of sp³-hybridized carbons (Fsp3) is 0.381. The van der Waals surface area contributed by atoms with Crippen molar-refractivity contribution in [3.05, 3.63) is 53.6 Å². The molecule has 0 unspecified atom stereocenters. The van der Waals surface area contributed by atoms with Crippen LogP contribution in [-0.2, 0) is 11.2 Å². The van der Waals surface area contributed by atoms with Gasteiger partial charge in [0.05, 0.1) is 11.8 Å². The van der Waals surface area contributed by atoms with Gasteiger partial charge in [0.25, 0.3) is 0 Å². The Kier molecular flexibility index (Phi) is 7.66. The molecule has 0 aromatic heterocycles. The van der Waals surface area contributed by atoms with Crippen LogP contribution in [0, 0.1) is 0 Å². The molecule has 0 aliphatic rings. The molecule has 2 rings (SSSR count). The number of hydrogen-bond donors (Lipinski definition) is 4. The number of hydrogen-bond acceptors (Lipinski definition) is 6. The maximum Gasteiger partial charge on any atom is 0.341 e. The third-order valence-electron chi connectivity index (χ3n) is 4.44. The Hall–Kier alpha value is -2.77. The van der Waals surface area contributed by atoms with Gasteiger partial charge in [-0.3, -0.25) is 0 Å². The average molecular weight is 388 g/mol. The van der Waals surface area contributed by atoms with E-state index in [0.717, 1.165) is 23.2 Å². The summed E-state index contributed by atoms with van der Waals surface area (Å²) in [6, 6.07) is 12.0. The van der Waals surface area contributed by atoms with E-state index in [1.807, 2.05) is 38.1 Å². The number of benzene rings is 2. The van der Waals surface area contributed by atoms with Crippen LogP contribution < -0.4 is 15.0 Å². The molecule has 2 aromatic carbocycles. The molecule has 0 saturated heterocycles. The molecule has 7 nitrogen and oxygen atoms in total. The lowest BCUT2D eigenvalue weighted by molar-refractivity contribution is -0.139. The zero-order valence-corrected chi connectivity index (χ0v) is 16.4. The number of phenolic OH excluding ortho intramolecular Hbond substituents is 1. The fourth-order valence-electron chi connectivity index (χ4n) is 2.85. The van der Waals surface area contributed by atoms with E-state index in [-0.39, 0.29) is 18.4 Å². The third-order valence-corrected chi connectivity index (χ3v) is 4.44. The van der Waals surface area contributed by atoms with Gasteiger partial charge in [-0.05, 0) is 55.3 Å². The molecule has 7 heteroatoms. The highest BCUT2D eigenvalue weighted by Gasteiger charge is 2.16. The molecular formula is C21H28N2O5. The van der Waals surface area contributed by atoms with Crippen LogP contribution >= 0.6 is 0 Å². The van der Waals surface area contributed by atoms with E-state index in [9.17, 15) is 15.0 Å². The van der Waals surface area contributed by atoms with Crippen molar-refractivity contribution in [3.8, 4) is 11.5 Å². The summed E-state index contributed by atoms with van der Waals surface area (Å²) < 4.78 is 5.34. The summed E-state index contributed by atoms with van der Waals surface area (Å²) in [6.45, 7) is 2.19. The number of carbonyl (C=O) groups is 1. The second-order valence-corrected chi connectivity index (χ2v) is 6.91. The lowest BCUT2D eigenvalue weighted by atomic mass is 10.0. The molecule has 152 valence electrons. The van der Waals surface area contributed by atoms with Crippen LogP contribution in [0.5, 0.6) is 11.5 Å². The van der Waals surface area contributed by atoms with Crippen LogP contribution in [0.1, 0.15) is 24.2 Å². The Bertz CT molecular complexity index is 777. The molecule has 2 aromatic rings. The maximum atomic E-state index is 10.7. The highest BCUT2D eigenvalue weighted by atomic mass is 16.5. The molecule has 0 amide bonds. The fourth-order valence-corrected chi connectivity index (χ4v) is 2.85. The van der Waals surface area contributed by atoms with Crippen molar-refractivity contribution in [3.63, 3.8) is 0 Å². The number of anilines is 1. The van der Waals surface area contributed by atoms with Crippen LogP contribution in [0.3, 0.4) is 0 Å². The summed E-state index contributed by atoms with van der Waals surface area (Å²) in [5.74, 6) is -0.316. The molecule has 0 aliphatic carbocycles. The molecular weight excluding hydrogens is 360 g/mol. The van der Waals surface area contributed by atoms with E-state index in [0.29, 0.717) is 12.3 Å². The summed E-state index contributed by atoms with van der Waals surface area (Å²) in [7, 11) is 3.75.